The van der Waals surface area contributed by atoms with Crippen molar-refractivity contribution < 1.29 is 9.72 Å². The van der Waals surface area contributed by atoms with Crippen LogP contribution in [0.25, 0.3) is 17.3 Å². The molecule has 0 unspecified atom stereocenters. The molecule has 0 bridgehead atoms. The zero-order valence-corrected chi connectivity index (χ0v) is 10.4. The van der Waals surface area contributed by atoms with Gasteiger partial charge in [-0.3, -0.25) is 14.9 Å². The molecule has 1 aromatic carbocycles. The molecular formula is C14H12N2O3. The minimum absolute atomic E-state index is 0.00152. The summed E-state index contributed by atoms with van der Waals surface area (Å²) in [4.78, 5) is 21.9. The molecule has 0 saturated carbocycles. The van der Waals surface area contributed by atoms with E-state index in [2.05, 4.69) is 6.58 Å². The predicted octanol–water partition coefficient (Wildman–Crippen LogP) is 3.37. The lowest BCUT2D eigenvalue weighted by Crippen LogP contribution is -1.93. The van der Waals surface area contributed by atoms with Gasteiger partial charge in [-0.05, 0) is 12.5 Å². The zero-order chi connectivity index (χ0) is 14.0. The first-order valence-corrected chi connectivity index (χ1v) is 5.62. The number of carbonyl (C=O) groups excluding carboxylic acids is 1. The van der Waals surface area contributed by atoms with Crippen LogP contribution in [0.3, 0.4) is 0 Å². The van der Waals surface area contributed by atoms with Gasteiger partial charge >= 0.3 is 0 Å². The van der Waals surface area contributed by atoms with Crippen molar-refractivity contribution in [2.75, 3.05) is 0 Å². The molecule has 0 aliphatic carbocycles. The fourth-order valence-electron chi connectivity index (χ4n) is 1.88. The highest BCUT2D eigenvalue weighted by atomic mass is 16.6. The van der Waals surface area contributed by atoms with Crippen molar-refractivity contribution in [3.8, 4) is 11.1 Å². The van der Waals surface area contributed by atoms with Gasteiger partial charge in [0.05, 0.1) is 4.92 Å². The Morgan fingerprint density at radius 2 is 2.16 bits per heavy atom. The molecule has 0 saturated heterocycles. The third-order valence-electron chi connectivity index (χ3n) is 2.80. The summed E-state index contributed by atoms with van der Waals surface area (Å²) in [5.74, 6) is -0.0953. The Balaban J connectivity index is 2.60. The molecule has 1 heterocycles. The van der Waals surface area contributed by atoms with Crippen molar-refractivity contribution in [1.29, 1.82) is 0 Å². The van der Waals surface area contributed by atoms with Gasteiger partial charge in [0.1, 0.15) is 0 Å². The summed E-state index contributed by atoms with van der Waals surface area (Å²) in [7, 11) is 0. The maximum Gasteiger partial charge on any atom is 0.270 e. The van der Waals surface area contributed by atoms with Crippen molar-refractivity contribution in [2.24, 2.45) is 0 Å². The Hall–Kier alpha value is -2.69. The van der Waals surface area contributed by atoms with Crippen LogP contribution in [0.5, 0.6) is 0 Å². The Morgan fingerprint density at radius 1 is 1.42 bits per heavy atom. The van der Waals surface area contributed by atoms with Crippen LogP contribution in [-0.4, -0.2) is 15.3 Å². The monoisotopic (exact) mass is 256 g/mol. The molecule has 0 aliphatic heterocycles. The Labute approximate surface area is 109 Å². The first-order valence-electron chi connectivity index (χ1n) is 5.62. The van der Waals surface area contributed by atoms with Crippen LogP contribution in [-0.2, 0) is 0 Å². The average Bonchev–Trinajstić information content (AvgIpc) is 2.83. The van der Waals surface area contributed by atoms with Crippen LogP contribution in [0.4, 0.5) is 5.69 Å². The molecule has 0 radical (unpaired) electrons. The normalized spacial score (nSPS) is 10.2. The van der Waals surface area contributed by atoms with Crippen LogP contribution < -0.4 is 0 Å². The lowest BCUT2D eigenvalue weighted by atomic mass is 10.0. The molecule has 0 amide bonds. The summed E-state index contributed by atoms with van der Waals surface area (Å²) >= 11 is 0. The van der Waals surface area contributed by atoms with E-state index in [1.54, 1.807) is 35.3 Å². The maximum atomic E-state index is 11.6. The number of ketones is 1. The molecule has 0 aliphatic rings. The van der Waals surface area contributed by atoms with E-state index in [1.807, 2.05) is 0 Å². The number of carbonyl (C=O) groups is 1. The third-order valence-corrected chi connectivity index (χ3v) is 2.80. The van der Waals surface area contributed by atoms with Gasteiger partial charge in [-0.25, -0.2) is 0 Å². The van der Waals surface area contributed by atoms with Crippen LogP contribution in [0.1, 0.15) is 17.3 Å². The van der Waals surface area contributed by atoms with Crippen molar-refractivity contribution in [2.45, 2.75) is 6.92 Å². The molecule has 0 fully saturated rings. The van der Waals surface area contributed by atoms with Gasteiger partial charge in [0.15, 0.2) is 5.78 Å². The smallest absolute Gasteiger partial charge is 0.270 e. The summed E-state index contributed by atoms with van der Waals surface area (Å²) in [6.45, 7) is 5.09. The van der Waals surface area contributed by atoms with Crippen LogP contribution in [0.15, 0.2) is 43.2 Å². The fraction of sp³-hybridized carbons (Fsp3) is 0.0714. The number of nitro benzene ring substituents is 1. The summed E-state index contributed by atoms with van der Waals surface area (Å²) in [6.07, 6.45) is 4.94. The van der Waals surface area contributed by atoms with E-state index in [-0.39, 0.29) is 11.5 Å². The first-order chi connectivity index (χ1) is 9.02. The minimum Gasteiger partial charge on any atom is -0.330 e. The molecule has 5 nitrogen and oxygen atoms in total. The number of rotatable bonds is 4. The number of nitro groups is 1. The topological polar surface area (TPSA) is 65.1 Å². The van der Waals surface area contributed by atoms with Gasteiger partial charge in [-0.2, -0.15) is 0 Å². The predicted molar refractivity (Wildman–Crippen MR) is 72.9 cm³/mol. The lowest BCUT2D eigenvalue weighted by Gasteiger charge is -2.01. The molecular weight excluding hydrogens is 244 g/mol. The molecule has 2 aromatic rings. The van der Waals surface area contributed by atoms with Gasteiger partial charge in [0, 0.05) is 41.9 Å². The highest BCUT2D eigenvalue weighted by Crippen LogP contribution is 2.28. The van der Waals surface area contributed by atoms with Crippen LogP contribution in [0, 0.1) is 10.1 Å². The second kappa shape index (κ2) is 4.89. The summed E-state index contributed by atoms with van der Waals surface area (Å²) in [5, 5.41) is 10.8. The number of hydrogen-bond donors (Lipinski definition) is 0. The van der Waals surface area contributed by atoms with Gasteiger partial charge in [-0.1, -0.05) is 18.7 Å². The largest absolute Gasteiger partial charge is 0.330 e. The maximum absolute atomic E-state index is 11.6. The van der Waals surface area contributed by atoms with E-state index in [0.717, 1.165) is 0 Å². The molecule has 5 heteroatoms. The fourth-order valence-corrected chi connectivity index (χ4v) is 1.88. The van der Waals surface area contributed by atoms with E-state index in [4.69, 9.17) is 0 Å². The number of hydrogen-bond acceptors (Lipinski definition) is 3. The van der Waals surface area contributed by atoms with Crippen LogP contribution in [0.2, 0.25) is 0 Å². The second-order valence-electron chi connectivity index (χ2n) is 4.08. The molecule has 96 valence electrons. The van der Waals surface area contributed by atoms with Crippen molar-refractivity contribution >= 4 is 17.7 Å². The van der Waals surface area contributed by atoms with Crippen molar-refractivity contribution in [3.05, 3.63) is 58.9 Å². The molecule has 19 heavy (non-hydrogen) atoms. The van der Waals surface area contributed by atoms with E-state index in [1.165, 1.54) is 19.1 Å². The van der Waals surface area contributed by atoms with Gasteiger partial charge in [0.2, 0.25) is 0 Å². The van der Waals surface area contributed by atoms with Crippen molar-refractivity contribution in [1.82, 2.24) is 4.57 Å². The number of benzene rings is 1. The van der Waals surface area contributed by atoms with E-state index >= 15 is 0 Å². The SMILES string of the molecule is C=Cn1cc(C(C)=O)c(-c2cccc([N+](=O)[O-])c2)c1. The second-order valence-corrected chi connectivity index (χ2v) is 4.08. The average molecular weight is 256 g/mol. The van der Waals surface area contributed by atoms with E-state index in [9.17, 15) is 14.9 Å². The quantitative estimate of drug-likeness (QED) is 0.478. The Morgan fingerprint density at radius 3 is 2.74 bits per heavy atom. The highest BCUT2D eigenvalue weighted by molar-refractivity contribution is 6.01. The van der Waals surface area contributed by atoms with Crippen molar-refractivity contribution in [3.63, 3.8) is 0 Å². The summed E-state index contributed by atoms with van der Waals surface area (Å²) in [5.41, 5.74) is 1.81. The molecule has 0 atom stereocenters. The number of Topliss-reactive ketones (excluding diaryl/α,β-unsaturated/α-hetero) is 1. The van der Waals surface area contributed by atoms with Gasteiger partial charge in [0.25, 0.3) is 5.69 Å². The van der Waals surface area contributed by atoms with Crippen LogP contribution >= 0.6 is 0 Å². The standard InChI is InChI=1S/C14H12N2O3/c1-3-15-8-13(10(2)17)14(9-15)11-5-4-6-12(7-11)16(18)19/h3-9H,1H2,2H3. The number of non-ortho nitro benzene ring substituents is 1. The summed E-state index contributed by atoms with van der Waals surface area (Å²) < 4.78 is 1.66. The zero-order valence-electron chi connectivity index (χ0n) is 10.4. The van der Waals surface area contributed by atoms with Gasteiger partial charge < -0.3 is 4.57 Å². The molecule has 0 N–H and O–H groups in total. The Bertz CT molecular complexity index is 671. The highest BCUT2D eigenvalue weighted by Gasteiger charge is 2.14. The molecule has 2 rings (SSSR count). The molecule has 0 spiro atoms. The van der Waals surface area contributed by atoms with E-state index < -0.39 is 4.92 Å². The third kappa shape index (κ3) is 2.44. The molecule has 1 aromatic heterocycles. The number of nitrogens with zero attached hydrogens (tertiary/aromatic N) is 2. The van der Waals surface area contributed by atoms with Gasteiger partial charge in [-0.15, -0.1) is 0 Å². The first kappa shape index (κ1) is 12.8. The summed E-state index contributed by atoms with van der Waals surface area (Å²) in [6, 6.07) is 6.21. The number of aromatic nitrogens is 1. The minimum atomic E-state index is -0.457. The lowest BCUT2D eigenvalue weighted by molar-refractivity contribution is -0.384. The Kier molecular flexibility index (Phi) is 3.29. The van der Waals surface area contributed by atoms with E-state index in [0.29, 0.717) is 16.7 Å².